The minimum absolute atomic E-state index is 0.0524. The zero-order valence-corrected chi connectivity index (χ0v) is 11.6. The Hall–Kier alpha value is -2.19. The van der Waals surface area contributed by atoms with Crippen molar-refractivity contribution in [3.8, 4) is 5.75 Å². The van der Waals surface area contributed by atoms with Crippen molar-refractivity contribution in [1.29, 1.82) is 0 Å². The molecule has 1 unspecified atom stereocenters. The molecule has 8 heteroatoms. The first-order chi connectivity index (χ1) is 10.1. The Labute approximate surface area is 121 Å². The highest BCUT2D eigenvalue weighted by molar-refractivity contribution is 5.93. The van der Waals surface area contributed by atoms with E-state index in [-0.39, 0.29) is 29.7 Å². The Balaban J connectivity index is 2.04. The number of hydrogen-bond donors (Lipinski definition) is 2. The molecule has 1 amide bonds. The van der Waals surface area contributed by atoms with Gasteiger partial charge in [0.1, 0.15) is 5.75 Å². The molecule has 1 fully saturated rings. The van der Waals surface area contributed by atoms with E-state index in [0.29, 0.717) is 25.5 Å². The van der Waals surface area contributed by atoms with Gasteiger partial charge in [-0.3, -0.25) is 14.9 Å². The lowest BCUT2D eigenvalue weighted by Crippen LogP contribution is -2.43. The lowest BCUT2D eigenvalue weighted by Gasteiger charge is -2.23. The Kier molecular flexibility index (Phi) is 5.07. The number of anilines is 1. The highest BCUT2D eigenvalue weighted by Crippen LogP contribution is 2.29. The Morgan fingerprint density at radius 1 is 1.62 bits per heavy atom. The summed E-state index contributed by atoms with van der Waals surface area (Å²) in [6, 6.07) is 4.01. The zero-order valence-electron chi connectivity index (χ0n) is 11.6. The van der Waals surface area contributed by atoms with Crippen LogP contribution < -0.4 is 15.4 Å². The average molecular weight is 295 g/mol. The molecule has 1 heterocycles. The number of amides is 1. The summed E-state index contributed by atoms with van der Waals surface area (Å²) in [6.07, 6.45) is 0.228. The number of methoxy groups -OCH3 is 1. The summed E-state index contributed by atoms with van der Waals surface area (Å²) < 4.78 is 10.4. The van der Waals surface area contributed by atoms with E-state index in [4.69, 9.17) is 9.47 Å². The molecule has 2 N–H and O–H groups in total. The monoisotopic (exact) mass is 295 g/mol. The maximum Gasteiger partial charge on any atom is 0.271 e. The molecule has 1 aliphatic rings. The molecular formula is C13H17N3O5. The Morgan fingerprint density at radius 3 is 3.05 bits per heavy atom. The average Bonchev–Trinajstić information content (AvgIpc) is 2.48. The van der Waals surface area contributed by atoms with Gasteiger partial charge in [0.05, 0.1) is 30.9 Å². The molecule has 1 aromatic carbocycles. The van der Waals surface area contributed by atoms with Crippen LogP contribution in [0.1, 0.15) is 6.42 Å². The molecule has 114 valence electrons. The van der Waals surface area contributed by atoms with Gasteiger partial charge in [0.15, 0.2) is 0 Å². The van der Waals surface area contributed by atoms with Crippen LogP contribution >= 0.6 is 0 Å². The second-order valence-electron chi connectivity index (χ2n) is 4.62. The van der Waals surface area contributed by atoms with Crippen molar-refractivity contribution in [3.63, 3.8) is 0 Å². The van der Waals surface area contributed by atoms with Gasteiger partial charge in [0.2, 0.25) is 5.91 Å². The molecule has 0 aromatic heterocycles. The van der Waals surface area contributed by atoms with Gasteiger partial charge in [-0.05, 0) is 6.07 Å². The molecule has 1 saturated heterocycles. The van der Waals surface area contributed by atoms with Gasteiger partial charge < -0.3 is 20.1 Å². The van der Waals surface area contributed by atoms with Crippen LogP contribution in [0.3, 0.4) is 0 Å². The number of hydrogen-bond acceptors (Lipinski definition) is 6. The first kappa shape index (κ1) is 15.2. The number of rotatable bonds is 5. The van der Waals surface area contributed by atoms with Crippen LogP contribution in [0.2, 0.25) is 0 Å². The van der Waals surface area contributed by atoms with Crippen LogP contribution in [0.25, 0.3) is 0 Å². The van der Waals surface area contributed by atoms with Crippen molar-refractivity contribution >= 4 is 17.3 Å². The van der Waals surface area contributed by atoms with Crippen LogP contribution in [0.15, 0.2) is 18.2 Å². The number of carbonyl (C=O) groups is 1. The molecule has 0 spiro atoms. The number of benzene rings is 1. The predicted molar refractivity (Wildman–Crippen MR) is 75.5 cm³/mol. The highest BCUT2D eigenvalue weighted by atomic mass is 16.6. The number of nitro groups is 1. The lowest BCUT2D eigenvalue weighted by molar-refractivity contribution is -0.384. The number of nitro benzene ring substituents is 1. The molecule has 1 aliphatic heterocycles. The largest absolute Gasteiger partial charge is 0.495 e. The maximum atomic E-state index is 12.0. The van der Waals surface area contributed by atoms with Gasteiger partial charge in [-0.1, -0.05) is 0 Å². The molecule has 1 atom stereocenters. The second-order valence-corrected chi connectivity index (χ2v) is 4.62. The van der Waals surface area contributed by atoms with E-state index in [1.165, 1.54) is 25.3 Å². The fraction of sp³-hybridized carbons (Fsp3) is 0.462. The van der Waals surface area contributed by atoms with E-state index in [0.717, 1.165) is 0 Å². The van der Waals surface area contributed by atoms with Crippen LogP contribution in [0, 0.1) is 10.1 Å². The minimum Gasteiger partial charge on any atom is -0.495 e. The second kappa shape index (κ2) is 7.00. The summed E-state index contributed by atoms with van der Waals surface area (Å²) in [5, 5.41) is 16.6. The first-order valence-electron chi connectivity index (χ1n) is 6.53. The summed E-state index contributed by atoms with van der Waals surface area (Å²) in [5.74, 6) is 0.124. The van der Waals surface area contributed by atoms with Gasteiger partial charge in [0, 0.05) is 31.1 Å². The molecule has 21 heavy (non-hydrogen) atoms. The SMILES string of the molecule is COc1ccc([N+](=O)[O-])cc1NC(=O)CC1COCCN1. The van der Waals surface area contributed by atoms with E-state index < -0.39 is 4.92 Å². The topological polar surface area (TPSA) is 103 Å². The first-order valence-corrected chi connectivity index (χ1v) is 6.53. The summed E-state index contributed by atoms with van der Waals surface area (Å²) >= 11 is 0. The number of carbonyl (C=O) groups excluding carboxylic acids is 1. The number of non-ortho nitro benzene ring substituents is 1. The molecule has 2 rings (SSSR count). The summed E-state index contributed by atoms with van der Waals surface area (Å²) in [6.45, 7) is 1.81. The third-order valence-corrected chi connectivity index (χ3v) is 3.10. The normalized spacial score (nSPS) is 18.0. The molecule has 8 nitrogen and oxygen atoms in total. The van der Waals surface area contributed by atoms with Crippen molar-refractivity contribution in [1.82, 2.24) is 5.32 Å². The van der Waals surface area contributed by atoms with E-state index in [1.807, 2.05) is 0 Å². The van der Waals surface area contributed by atoms with Crippen LogP contribution in [0.5, 0.6) is 5.75 Å². The molecule has 0 bridgehead atoms. The third kappa shape index (κ3) is 4.14. The maximum absolute atomic E-state index is 12.0. The molecule has 0 saturated carbocycles. The van der Waals surface area contributed by atoms with E-state index >= 15 is 0 Å². The van der Waals surface area contributed by atoms with Crippen molar-refractivity contribution in [3.05, 3.63) is 28.3 Å². The summed E-state index contributed by atoms with van der Waals surface area (Å²) in [4.78, 5) is 22.3. The number of morpholine rings is 1. The third-order valence-electron chi connectivity index (χ3n) is 3.10. The molecule has 1 aromatic rings. The minimum atomic E-state index is -0.522. The van der Waals surface area contributed by atoms with Crippen molar-refractivity contribution < 1.29 is 19.2 Å². The summed E-state index contributed by atoms with van der Waals surface area (Å²) in [7, 11) is 1.44. The lowest BCUT2D eigenvalue weighted by atomic mass is 10.2. The van der Waals surface area contributed by atoms with Crippen molar-refractivity contribution in [2.45, 2.75) is 12.5 Å². The number of nitrogens with zero attached hydrogens (tertiary/aromatic N) is 1. The Bertz CT molecular complexity index is 529. The Morgan fingerprint density at radius 2 is 2.43 bits per heavy atom. The van der Waals surface area contributed by atoms with Crippen molar-refractivity contribution in [2.75, 3.05) is 32.2 Å². The van der Waals surface area contributed by atoms with Crippen LogP contribution in [-0.4, -0.2) is 43.7 Å². The fourth-order valence-electron chi connectivity index (χ4n) is 2.08. The molecule has 0 radical (unpaired) electrons. The van der Waals surface area contributed by atoms with Gasteiger partial charge in [-0.25, -0.2) is 0 Å². The highest BCUT2D eigenvalue weighted by Gasteiger charge is 2.19. The number of ether oxygens (including phenoxy) is 2. The van der Waals surface area contributed by atoms with Gasteiger partial charge in [0.25, 0.3) is 5.69 Å². The van der Waals surface area contributed by atoms with Gasteiger partial charge >= 0.3 is 0 Å². The standard InChI is InChI=1S/C13H17N3O5/c1-20-12-3-2-10(16(18)19)7-11(12)15-13(17)6-9-8-21-5-4-14-9/h2-3,7,9,14H,4-6,8H2,1H3,(H,15,17). The summed E-state index contributed by atoms with van der Waals surface area (Å²) in [5.41, 5.74) is 0.179. The number of nitrogens with one attached hydrogen (secondary N) is 2. The smallest absolute Gasteiger partial charge is 0.271 e. The molecule has 0 aliphatic carbocycles. The van der Waals surface area contributed by atoms with Crippen molar-refractivity contribution in [2.24, 2.45) is 0 Å². The molecular weight excluding hydrogens is 278 g/mol. The quantitative estimate of drug-likeness (QED) is 0.618. The van der Waals surface area contributed by atoms with E-state index in [2.05, 4.69) is 10.6 Å². The van der Waals surface area contributed by atoms with Crippen LogP contribution in [0.4, 0.5) is 11.4 Å². The fourth-order valence-corrected chi connectivity index (χ4v) is 2.08. The van der Waals surface area contributed by atoms with Gasteiger partial charge in [-0.2, -0.15) is 0 Å². The van der Waals surface area contributed by atoms with E-state index in [1.54, 1.807) is 0 Å². The van der Waals surface area contributed by atoms with Gasteiger partial charge in [-0.15, -0.1) is 0 Å². The van der Waals surface area contributed by atoms with E-state index in [9.17, 15) is 14.9 Å². The zero-order chi connectivity index (χ0) is 15.2. The van der Waals surface area contributed by atoms with Crippen LogP contribution in [-0.2, 0) is 9.53 Å². The predicted octanol–water partition coefficient (Wildman–Crippen LogP) is 0.920.